The quantitative estimate of drug-likeness (QED) is 0.312. The molecule has 1 saturated heterocycles. The summed E-state index contributed by atoms with van der Waals surface area (Å²) in [6, 6.07) is 14.1. The van der Waals surface area contributed by atoms with Crippen LogP contribution in [0.25, 0.3) is 34.3 Å². The number of aliphatic carboxylic acids is 1. The Hall–Kier alpha value is -4.07. The first-order chi connectivity index (χ1) is 18.5. The zero-order valence-electron chi connectivity index (χ0n) is 20.3. The zero-order valence-corrected chi connectivity index (χ0v) is 20.3. The number of carboxylic acids is 1. The van der Waals surface area contributed by atoms with Gasteiger partial charge in [-0.1, -0.05) is 64.9 Å². The second-order valence-electron chi connectivity index (χ2n) is 9.34. The minimum absolute atomic E-state index is 0.000576. The number of rotatable bonds is 7. The van der Waals surface area contributed by atoms with Crippen LogP contribution in [0.2, 0.25) is 0 Å². The number of alkyl halides is 3. The van der Waals surface area contributed by atoms with E-state index < -0.39 is 46.8 Å². The summed E-state index contributed by atoms with van der Waals surface area (Å²) in [7, 11) is 0. The lowest BCUT2D eigenvalue weighted by atomic mass is 9.92. The fourth-order valence-electron chi connectivity index (χ4n) is 4.58. The first kappa shape index (κ1) is 26.5. The summed E-state index contributed by atoms with van der Waals surface area (Å²) < 4.78 is 52.0. The van der Waals surface area contributed by atoms with Crippen molar-refractivity contribution < 1.29 is 42.3 Å². The zero-order chi connectivity index (χ0) is 27.8. The van der Waals surface area contributed by atoms with Crippen LogP contribution in [0.3, 0.4) is 0 Å². The Morgan fingerprint density at radius 3 is 2.44 bits per heavy atom. The van der Waals surface area contributed by atoms with Crippen LogP contribution in [-0.2, 0) is 11.0 Å². The number of aliphatic hydroxyl groups is 2. The minimum Gasteiger partial charge on any atom is -0.479 e. The molecule has 3 N–H and O–H groups in total. The van der Waals surface area contributed by atoms with E-state index in [0.29, 0.717) is 24.1 Å². The molecular weight excluding hydrogens is 521 g/mol. The first-order valence-corrected chi connectivity index (χ1v) is 12.0. The second kappa shape index (κ2) is 10.2. The van der Waals surface area contributed by atoms with Gasteiger partial charge >= 0.3 is 12.1 Å². The molecule has 2 atom stereocenters. The number of nitrogens with zero attached hydrogens (tertiary/aromatic N) is 4. The molecule has 0 amide bonds. The molecule has 2 aromatic carbocycles. The smallest absolute Gasteiger partial charge is 0.422 e. The average molecular weight is 544 g/mol. The van der Waals surface area contributed by atoms with Gasteiger partial charge in [-0.25, -0.2) is 4.79 Å². The van der Waals surface area contributed by atoms with Gasteiger partial charge in [0, 0.05) is 24.2 Å². The van der Waals surface area contributed by atoms with E-state index in [0.717, 1.165) is 0 Å². The maximum atomic E-state index is 14.0. The number of benzene rings is 2. The summed E-state index contributed by atoms with van der Waals surface area (Å²) in [6.45, 7) is 0.539. The summed E-state index contributed by atoms with van der Waals surface area (Å²) in [5, 5.41) is 37.5. The number of aliphatic hydroxyl groups excluding tert-OH is 1. The molecular formula is C26H23F3N4O6. The van der Waals surface area contributed by atoms with E-state index in [9.17, 15) is 33.3 Å². The highest BCUT2D eigenvalue weighted by Gasteiger charge is 2.43. The largest absolute Gasteiger partial charge is 0.479 e. The van der Waals surface area contributed by atoms with Gasteiger partial charge in [0.2, 0.25) is 11.6 Å². The second-order valence-corrected chi connectivity index (χ2v) is 9.34. The summed E-state index contributed by atoms with van der Waals surface area (Å²) >= 11 is 0. The molecule has 3 heterocycles. The van der Waals surface area contributed by atoms with Crippen molar-refractivity contribution in [1.29, 1.82) is 0 Å². The standard InChI is InChI=1S/C26H23F3N4O6/c27-26(28,29)19-20(16-5-2-1-3-6-16)31-38-21(19)23-30-22(32-39-23)17-9-7-15(8-10-17)18(34)13-33-12-4-11-25(37,14-33)24(35)36/h1-3,5-10,18,34,37H,4,11-14H2,(H,35,36). The Morgan fingerprint density at radius 2 is 1.77 bits per heavy atom. The molecule has 1 fully saturated rings. The van der Waals surface area contributed by atoms with Crippen LogP contribution in [-0.4, -0.2) is 66.7 Å². The molecule has 0 spiro atoms. The Morgan fingerprint density at radius 1 is 1.05 bits per heavy atom. The molecule has 1 aliphatic heterocycles. The number of carbonyl (C=O) groups is 1. The fourth-order valence-corrected chi connectivity index (χ4v) is 4.58. The van der Waals surface area contributed by atoms with Crippen LogP contribution < -0.4 is 0 Å². The van der Waals surface area contributed by atoms with E-state index >= 15 is 0 Å². The number of aromatic nitrogens is 3. The van der Waals surface area contributed by atoms with Gasteiger partial charge in [0.1, 0.15) is 11.3 Å². The van der Waals surface area contributed by atoms with Crippen molar-refractivity contribution in [2.75, 3.05) is 19.6 Å². The SMILES string of the molecule is O=C(O)C1(O)CCCN(CC(O)c2ccc(-c3noc(-c4onc(-c5ccccc5)c4C(F)(F)F)n3)cc2)C1. The van der Waals surface area contributed by atoms with Crippen molar-refractivity contribution in [3.63, 3.8) is 0 Å². The van der Waals surface area contributed by atoms with Crippen molar-refractivity contribution in [3.05, 3.63) is 65.7 Å². The molecule has 1 aliphatic rings. The highest BCUT2D eigenvalue weighted by atomic mass is 19.4. The van der Waals surface area contributed by atoms with Gasteiger partial charge in [-0.05, 0) is 24.9 Å². The Bertz CT molecular complexity index is 1450. The molecule has 4 aromatic rings. The van der Waals surface area contributed by atoms with E-state index in [1.165, 1.54) is 12.1 Å². The number of halogens is 3. The number of carboxylic acid groups (broad SMARTS) is 1. The molecule has 2 unspecified atom stereocenters. The van der Waals surface area contributed by atoms with Crippen LogP contribution in [0.15, 0.2) is 63.6 Å². The van der Waals surface area contributed by atoms with Crippen LogP contribution in [0.5, 0.6) is 0 Å². The Kier molecular flexibility index (Phi) is 6.97. The van der Waals surface area contributed by atoms with E-state index in [2.05, 4.69) is 15.3 Å². The number of piperidine rings is 1. The molecule has 2 aromatic heterocycles. The summed E-state index contributed by atoms with van der Waals surface area (Å²) in [4.78, 5) is 17.1. The summed E-state index contributed by atoms with van der Waals surface area (Å²) in [5.41, 5.74) is -2.24. The van der Waals surface area contributed by atoms with Gasteiger partial charge in [-0.15, -0.1) is 0 Å². The van der Waals surface area contributed by atoms with Gasteiger partial charge in [0.05, 0.1) is 6.10 Å². The molecule has 39 heavy (non-hydrogen) atoms. The number of likely N-dealkylation sites (tertiary alicyclic amines) is 1. The van der Waals surface area contributed by atoms with Crippen LogP contribution in [0, 0.1) is 0 Å². The molecule has 0 aliphatic carbocycles. The lowest BCUT2D eigenvalue weighted by molar-refractivity contribution is -0.165. The van der Waals surface area contributed by atoms with Gasteiger partial charge in [-0.2, -0.15) is 18.2 Å². The third-order valence-corrected chi connectivity index (χ3v) is 6.58. The number of hydrogen-bond acceptors (Lipinski definition) is 9. The van der Waals surface area contributed by atoms with Crippen LogP contribution in [0.4, 0.5) is 13.2 Å². The van der Waals surface area contributed by atoms with E-state index in [4.69, 9.17) is 9.05 Å². The predicted octanol–water partition coefficient (Wildman–Crippen LogP) is 4.02. The van der Waals surface area contributed by atoms with Gasteiger partial charge in [0.15, 0.2) is 5.60 Å². The maximum absolute atomic E-state index is 14.0. The van der Waals surface area contributed by atoms with E-state index in [1.54, 1.807) is 47.4 Å². The Labute approximate surface area is 219 Å². The predicted molar refractivity (Wildman–Crippen MR) is 129 cm³/mol. The minimum atomic E-state index is -4.80. The molecule has 0 radical (unpaired) electrons. The third-order valence-electron chi connectivity index (χ3n) is 6.58. The van der Waals surface area contributed by atoms with Gasteiger partial charge in [-0.3, -0.25) is 4.90 Å². The summed E-state index contributed by atoms with van der Waals surface area (Å²) in [6.07, 6.45) is -5.16. The number of hydrogen-bond donors (Lipinski definition) is 3. The van der Waals surface area contributed by atoms with Gasteiger partial charge in [0.25, 0.3) is 5.89 Å². The van der Waals surface area contributed by atoms with Crippen molar-refractivity contribution in [1.82, 2.24) is 20.2 Å². The molecule has 13 heteroatoms. The van der Waals surface area contributed by atoms with Crippen LogP contribution in [0.1, 0.15) is 30.1 Å². The first-order valence-electron chi connectivity index (χ1n) is 12.0. The lowest BCUT2D eigenvalue weighted by Crippen LogP contribution is -2.53. The molecule has 10 nitrogen and oxygen atoms in total. The molecule has 204 valence electrons. The highest BCUT2D eigenvalue weighted by molar-refractivity contribution is 5.77. The third kappa shape index (κ3) is 5.41. The van der Waals surface area contributed by atoms with Crippen molar-refractivity contribution in [3.8, 4) is 34.3 Å². The molecule has 0 saturated carbocycles. The normalized spacial score (nSPS) is 19.2. The Balaban J connectivity index is 1.34. The maximum Gasteiger partial charge on any atom is 0.422 e. The van der Waals surface area contributed by atoms with E-state index in [-0.39, 0.29) is 30.9 Å². The van der Waals surface area contributed by atoms with Crippen molar-refractivity contribution in [2.24, 2.45) is 0 Å². The number of β-amino-alcohol motifs (C(OH)–C–C–N with tert-alkyl or cyclic N) is 2. The fraction of sp³-hybridized carbons (Fsp3) is 0.308. The van der Waals surface area contributed by atoms with Crippen molar-refractivity contribution >= 4 is 5.97 Å². The van der Waals surface area contributed by atoms with Crippen LogP contribution >= 0.6 is 0 Å². The van der Waals surface area contributed by atoms with Crippen molar-refractivity contribution in [2.45, 2.75) is 30.7 Å². The molecule has 5 rings (SSSR count). The lowest BCUT2D eigenvalue weighted by Gasteiger charge is -2.37. The molecule has 0 bridgehead atoms. The van der Waals surface area contributed by atoms with E-state index in [1.807, 2.05) is 0 Å². The monoisotopic (exact) mass is 544 g/mol. The summed E-state index contributed by atoms with van der Waals surface area (Å²) in [5.74, 6) is -2.49. The van der Waals surface area contributed by atoms with Gasteiger partial charge < -0.3 is 24.4 Å². The average Bonchev–Trinajstić information content (AvgIpc) is 3.57. The topological polar surface area (TPSA) is 146 Å². The highest BCUT2D eigenvalue weighted by Crippen LogP contribution is 2.43.